The maximum atomic E-state index is 12.8. The molecule has 0 aliphatic carbocycles. The molecular weight excluding hydrogens is 205 g/mol. The minimum Gasteiger partial charge on any atom is -0.493 e. The van der Waals surface area contributed by atoms with Gasteiger partial charge in [0, 0.05) is 6.07 Å². The molecule has 0 saturated carbocycles. The molecule has 0 amide bonds. The van der Waals surface area contributed by atoms with Crippen molar-refractivity contribution in [2.45, 2.75) is 26.7 Å². The molecule has 90 valence electrons. The predicted octanol–water partition coefficient (Wildman–Crippen LogP) is 2.97. The van der Waals surface area contributed by atoms with Crippen LogP contribution in [0.4, 0.5) is 4.39 Å². The number of ether oxygens (including phenoxy) is 1. The Kier molecular flexibility index (Phi) is 4.74. The summed E-state index contributed by atoms with van der Waals surface area (Å²) in [5.74, 6) is 0.324. The van der Waals surface area contributed by atoms with Crippen LogP contribution in [0.15, 0.2) is 24.3 Å². The lowest BCUT2D eigenvalue weighted by molar-refractivity contribution is 0.260. The first-order valence-corrected chi connectivity index (χ1v) is 5.62. The van der Waals surface area contributed by atoms with Crippen LogP contribution in [0, 0.1) is 11.2 Å². The van der Waals surface area contributed by atoms with Gasteiger partial charge in [-0.2, -0.15) is 0 Å². The highest BCUT2D eigenvalue weighted by molar-refractivity contribution is 5.22. The lowest BCUT2D eigenvalue weighted by Crippen LogP contribution is -2.23. The van der Waals surface area contributed by atoms with E-state index in [1.165, 1.54) is 12.1 Å². The fraction of sp³-hybridized carbons (Fsp3) is 0.538. The molecule has 1 aromatic rings. The van der Waals surface area contributed by atoms with Gasteiger partial charge in [-0.05, 0) is 36.9 Å². The van der Waals surface area contributed by atoms with Gasteiger partial charge in [0.05, 0.1) is 6.61 Å². The summed E-state index contributed by atoms with van der Waals surface area (Å²) >= 11 is 0. The van der Waals surface area contributed by atoms with Crippen molar-refractivity contribution in [2.75, 3.05) is 13.2 Å². The molecule has 0 radical (unpaired) electrons. The van der Waals surface area contributed by atoms with E-state index in [0.29, 0.717) is 18.9 Å². The van der Waals surface area contributed by atoms with Crippen LogP contribution in [0.5, 0.6) is 5.75 Å². The van der Waals surface area contributed by atoms with E-state index in [0.717, 1.165) is 12.8 Å². The predicted molar refractivity (Wildman–Crippen MR) is 64.0 cm³/mol. The number of benzene rings is 1. The Morgan fingerprint density at radius 1 is 1.38 bits per heavy atom. The quantitative estimate of drug-likeness (QED) is 0.755. The standard InChI is InChI=1S/C13H20FNO/c1-13(2,10-15)7-4-8-16-12-6-3-5-11(14)9-12/h3,5-6,9H,4,7-8,10,15H2,1-2H3. The Hall–Kier alpha value is -1.09. The van der Waals surface area contributed by atoms with Gasteiger partial charge in [0.25, 0.3) is 0 Å². The van der Waals surface area contributed by atoms with Crippen molar-refractivity contribution in [1.82, 2.24) is 0 Å². The van der Waals surface area contributed by atoms with Crippen LogP contribution in [0.2, 0.25) is 0 Å². The van der Waals surface area contributed by atoms with Gasteiger partial charge in [-0.25, -0.2) is 4.39 Å². The lowest BCUT2D eigenvalue weighted by atomic mass is 9.88. The Morgan fingerprint density at radius 2 is 2.12 bits per heavy atom. The van der Waals surface area contributed by atoms with Crippen molar-refractivity contribution in [1.29, 1.82) is 0 Å². The normalized spacial score (nSPS) is 11.5. The van der Waals surface area contributed by atoms with Gasteiger partial charge in [-0.1, -0.05) is 19.9 Å². The van der Waals surface area contributed by atoms with E-state index in [9.17, 15) is 4.39 Å². The molecule has 0 aromatic heterocycles. The molecule has 1 aromatic carbocycles. The average Bonchev–Trinajstić information content (AvgIpc) is 2.25. The number of hydrogen-bond donors (Lipinski definition) is 1. The molecule has 0 unspecified atom stereocenters. The van der Waals surface area contributed by atoms with Crippen LogP contribution in [0.25, 0.3) is 0 Å². The summed E-state index contributed by atoms with van der Waals surface area (Å²) in [4.78, 5) is 0. The molecule has 0 spiro atoms. The fourth-order valence-corrected chi connectivity index (χ4v) is 1.40. The van der Waals surface area contributed by atoms with E-state index in [1.807, 2.05) is 0 Å². The topological polar surface area (TPSA) is 35.2 Å². The summed E-state index contributed by atoms with van der Waals surface area (Å²) in [5, 5.41) is 0. The lowest BCUT2D eigenvalue weighted by Gasteiger charge is -2.21. The Morgan fingerprint density at radius 3 is 2.75 bits per heavy atom. The Labute approximate surface area is 96.6 Å². The van der Waals surface area contributed by atoms with Crippen molar-refractivity contribution in [3.8, 4) is 5.75 Å². The number of hydrogen-bond acceptors (Lipinski definition) is 2. The third-order valence-electron chi connectivity index (χ3n) is 2.62. The van der Waals surface area contributed by atoms with Gasteiger partial charge in [0.2, 0.25) is 0 Å². The molecule has 0 bridgehead atoms. The van der Waals surface area contributed by atoms with Crippen LogP contribution < -0.4 is 10.5 Å². The number of nitrogens with two attached hydrogens (primary N) is 1. The van der Waals surface area contributed by atoms with Gasteiger partial charge in [0.1, 0.15) is 11.6 Å². The first-order chi connectivity index (χ1) is 7.53. The van der Waals surface area contributed by atoms with E-state index in [4.69, 9.17) is 10.5 Å². The number of halogens is 1. The molecule has 0 atom stereocenters. The van der Waals surface area contributed by atoms with E-state index in [-0.39, 0.29) is 11.2 Å². The summed E-state index contributed by atoms with van der Waals surface area (Å²) in [5.41, 5.74) is 5.79. The third kappa shape index (κ3) is 4.62. The van der Waals surface area contributed by atoms with Gasteiger partial charge < -0.3 is 10.5 Å². The first-order valence-electron chi connectivity index (χ1n) is 5.62. The van der Waals surface area contributed by atoms with Crippen LogP contribution in [0.1, 0.15) is 26.7 Å². The zero-order chi connectivity index (χ0) is 12.0. The van der Waals surface area contributed by atoms with Crippen molar-refractivity contribution in [2.24, 2.45) is 11.1 Å². The third-order valence-corrected chi connectivity index (χ3v) is 2.62. The van der Waals surface area contributed by atoms with Gasteiger partial charge in [0.15, 0.2) is 0 Å². The Bertz CT molecular complexity index is 325. The molecule has 16 heavy (non-hydrogen) atoms. The van der Waals surface area contributed by atoms with E-state index >= 15 is 0 Å². The van der Waals surface area contributed by atoms with Crippen LogP contribution in [-0.2, 0) is 0 Å². The summed E-state index contributed by atoms with van der Waals surface area (Å²) in [6.45, 7) is 5.55. The SMILES string of the molecule is CC(C)(CN)CCCOc1cccc(F)c1. The minimum atomic E-state index is -0.264. The molecule has 0 saturated heterocycles. The highest BCUT2D eigenvalue weighted by Gasteiger charge is 2.14. The summed E-state index contributed by atoms with van der Waals surface area (Å²) in [7, 11) is 0. The fourth-order valence-electron chi connectivity index (χ4n) is 1.40. The second-order valence-corrected chi connectivity index (χ2v) is 4.78. The van der Waals surface area contributed by atoms with Crippen molar-refractivity contribution < 1.29 is 9.13 Å². The maximum absolute atomic E-state index is 12.8. The first kappa shape index (κ1) is 13.0. The minimum absolute atomic E-state index is 0.158. The molecule has 0 aliphatic rings. The summed E-state index contributed by atoms with van der Waals surface area (Å²) < 4.78 is 18.3. The molecule has 3 heteroatoms. The summed E-state index contributed by atoms with van der Waals surface area (Å²) in [6.07, 6.45) is 1.94. The highest BCUT2D eigenvalue weighted by Crippen LogP contribution is 2.20. The molecule has 0 fully saturated rings. The van der Waals surface area contributed by atoms with E-state index in [2.05, 4.69) is 13.8 Å². The smallest absolute Gasteiger partial charge is 0.126 e. The van der Waals surface area contributed by atoms with Crippen molar-refractivity contribution >= 4 is 0 Å². The highest BCUT2D eigenvalue weighted by atomic mass is 19.1. The zero-order valence-corrected chi connectivity index (χ0v) is 10.0. The van der Waals surface area contributed by atoms with Gasteiger partial charge in [-0.15, -0.1) is 0 Å². The molecule has 1 rings (SSSR count). The monoisotopic (exact) mass is 225 g/mol. The largest absolute Gasteiger partial charge is 0.493 e. The molecule has 0 aliphatic heterocycles. The second kappa shape index (κ2) is 5.85. The molecule has 2 N–H and O–H groups in total. The van der Waals surface area contributed by atoms with Gasteiger partial charge in [-0.3, -0.25) is 0 Å². The zero-order valence-electron chi connectivity index (χ0n) is 10.0. The molecule has 0 heterocycles. The summed E-state index contributed by atoms with van der Waals surface area (Å²) in [6, 6.07) is 6.21. The maximum Gasteiger partial charge on any atom is 0.126 e. The second-order valence-electron chi connectivity index (χ2n) is 4.78. The van der Waals surface area contributed by atoms with Crippen LogP contribution in [-0.4, -0.2) is 13.2 Å². The van der Waals surface area contributed by atoms with Crippen LogP contribution in [0.3, 0.4) is 0 Å². The van der Waals surface area contributed by atoms with Crippen LogP contribution >= 0.6 is 0 Å². The van der Waals surface area contributed by atoms with Crippen molar-refractivity contribution in [3.05, 3.63) is 30.1 Å². The Balaban J connectivity index is 2.26. The molecular formula is C13H20FNO. The van der Waals surface area contributed by atoms with Gasteiger partial charge >= 0.3 is 0 Å². The van der Waals surface area contributed by atoms with E-state index in [1.54, 1.807) is 12.1 Å². The average molecular weight is 225 g/mol. The molecule has 2 nitrogen and oxygen atoms in total. The number of rotatable bonds is 6. The van der Waals surface area contributed by atoms with Crippen molar-refractivity contribution in [3.63, 3.8) is 0 Å². The van der Waals surface area contributed by atoms with E-state index < -0.39 is 0 Å².